The Morgan fingerprint density at radius 2 is 2.13 bits per heavy atom. The molecule has 1 aliphatic rings. The molecule has 1 aromatic carbocycles. The second-order valence-corrected chi connectivity index (χ2v) is 7.98. The van der Waals surface area contributed by atoms with Crippen LogP contribution in [0.5, 0.6) is 5.75 Å². The minimum atomic E-state index is -3.36. The monoisotopic (exact) mass is 340 g/mol. The van der Waals surface area contributed by atoms with Gasteiger partial charge in [0.1, 0.15) is 11.8 Å². The Balaban J connectivity index is 2.16. The van der Waals surface area contributed by atoms with E-state index in [4.69, 9.17) is 4.74 Å². The molecule has 0 unspecified atom stereocenters. The summed E-state index contributed by atoms with van der Waals surface area (Å²) in [6.45, 7) is 2.78. The average molecular weight is 340 g/mol. The zero-order valence-electron chi connectivity index (χ0n) is 14.1. The molecular formula is C16H24N2O4S. The van der Waals surface area contributed by atoms with Gasteiger partial charge in [-0.3, -0.25) is 4.79 Å². The predicted molar refractivity (Wildman–Crippen MR) is 88.8 cm³/mol. The number of nitrogens with zero attached hydrogens (tertiary/aromatic N) is 2. The van der Waals surface area contributed by atoms with E-state index < -0.39 is 16.1 Å². The van der Waals surface area contributed by atoms with Crippen molar-refractivity contribution in [2.45, 2.75) is 32.4 Å². The van der Waals surface area contributed by atoms with Gasteiger partial charge in [-0.1, -0.05) is 17.7 Å². The molecule has 128 valence electrons. The van der Waals surface area contributed by atoms with E-state index in [2.05, 4.69) is 0 Å². The fraction of sp³-hybridized carbons (Fsp3) is 0.562. The number of aryl methyl sites for hydroxylation is 1. The number of hydrogen-bond donors (Lipinski definition) is 0. The first-order chi connectivity index (χ1) is 10.7. The Kier molecular flexibility index (Phi) is 5.31. The largest absolute Gasteiger partial charge is 0.496 e. The number of hydrogen-bond acceptors (Lipinski definition) is 4. The van der Waals surface area contributed by atoms with Crippen LogP contribution < -0.4 is 4.74 Å². The molecule has 1 amide bonds. The standard InChI is InChI=1S/C16H24N2O4S/c1-12-7-8-15(22-3)13(10-12)11-17(2)16(19)14-6-5-9-18(14)23(4,20)21/h7-8,10,14H,5-6,9,11H2,1-4H3/t14-/m0/s1. The van der Waals surface area contributed by atoms with Crippen LogP contribution in [0, 0.1) is 6.92 Å². The molecular weight excluding hydrogens is 316 g/mol. The summed E-state index contributed by atoms with van der Waals surface area (Å²) in [6.07, 6.45) is 2.44. The highest BCUT2D eigenvalue weighted by atomic mass is 32.2. The summed E-state index contributed by atoms with van der Waals surface area (Å²) in [7, 11) is -0.0686. The van der Waals surface area contributed by atoms with E-state index in [-0.39, 0.29) is 5.91 Å². The average Bonchev–Trinajstić information content (AvgIpc) is 2.96. The SMILES string of the molecule is COc1ccc(C)cc1CN(C)C(=O)[C@@H]1CCCN1S(C)(=O)=O. The zero-order chi connectivity index (χ0) is 17.2. The van der Waals surface area contributed by atoms with Crippen molar-refractivity contribution in [3.8, 4) is 5.75 Å². The number of amides is 1. The number of rotatable bonds is 5. The first-order valence-electron chi connectivity index (χ1n) is 7.59. The molecule has 0 aliphatic carbocycles. The van der Waals surface area contributed by atoms with Gasteiger partial charge in [0.15, 0.2) is 0 Å². The number of ether oxygens (including phenoxy) is 1. The van der Waals surface area contributed by atoms with Gasteiger partial charge in [-0.15, -0.1) is 0 Å². The first kappa shape index (κ1) is 17.7. The van der Waals surface area contributed by atoms with E-state index in [1.165, 1.54) is 4.31 Å². The van der Waals surface area contributed by atoms with Gasteiger partial charge in [0.05, 0.1) is 13.4 Å². The molecule has 0 saturated carbocycles. The van der Waals surface area contributed by atoms with Gasteiger partial charge in [0.2, 0.25) is 15.9 Å². The highest BCUT2D eigenvalue weighted by Crippen LogP contribution is 2.25. The molecule has 6 nitrogen and oxygen atoms in total. The van der Waals surface area contributed by atoms with E-state index in [9.17, 15) is 13.2 Å². The predicted octanol–water partition coefficient (Wildman–Crippen LogP) is 1.39. The summed E-state index contributed by atoms with van der Waals surface area (Å²) in [6, 6.07) is 5.21. The van der Waals surface area contributed by atoms with E-state index in [0.29, 0.717) is 25.9 Å². The summed E-state index contributed by atoms with van der Waals surface area (Å²) < 4.78 is 30.3. The number of likely N-dealkylation sites (N-methyl/N-ethyl adjacent to an activating group) is 1. The fourth-order valence-electron chi connectivity index (χ4n) is 3.00. The van der Waals surface area contributed by atoms with Crippen LogP contribution in [0.4, 0.5) is 0 Å². The van der Waals surface area contributed by atoms with Gasteiger partial charge in [-0.2, -0.15) is 4.31 Å². The summed E-state index contributed by atoms with van der Waals surface area (Å²) in [4.78, 5) is 14.2. The molecule has 0 bridgehead atoms. The fourth-order valence-corrected chi connectivity index (χ4v) is 4.12. The lowest BCUT2D eigenvalue weighted by Crippen LogP contribution is -2.45. The molecule has 1 heterocycles. The Bertz CT molecular complexity index is 687. The third-order valence-corrected chi connectivity index (χ3v) is 5.42. The molecule has 0 spiro atoms. The third-order valence-electron chi connectivity index (χ3n) is 4.13. The maximum atomic E-state index is 12.7. The van der Waals surface area contributed by atoms with E-state index >= 15 is 0 Å². The minimum Gasteiger partial charge on any atom is -0.496 e. The van der Waals surface area contributed by atoms with Gasteiger partial charge in [-0.25, -0.2) is 8.42 Å². The van der Waals surface area contributed by atoms with Crippen LogP contribution in [0.15, 0.2) is 18.2 Å². The third kappa shape index (κ3) is 4.03. The second-order valence-electron chi connectivity index (χ2n) is 6.04. The molecule has 1 saturated heterocycles. The van der Waals surface area contributed by atoms with Crippen LogP contribution in [-0.4, -0.2) is 56.5 Å². The number of methoxy groups -OCH3 is 1. The van der Waals surface area contributed by atoms with Gasteiger partial charge >= 0.3 is 0 Å². The highest BCUT2D eigenvalue weighted by molar-refractivity contribution is 7.88. The Hall–Kier alpha value is -1.60. The molecule has 7 heteroatoms. The van der Waals surface area contributed by atoms with Crippen LogP contribution in [0.1, 0.15) is 24.0 Å². The summed E-state index contributed by atoms with van der Waals surface area (Å²) in [5.74, 6) is 0.554. The van der Waals surface area contributed by atoms with Crippen LogP contribution in [0.2, 0.25) is 0 Å². The first-order valence-corrected chi connectivity index (χ1v) is 9.44. The number of carbonyl (C=O) groups excluding carboxylic acids is 1. The van der Waals surface area contributed by atoms with Crippen molar-refractivity contribution in [1.82, 2.24) is 9.21 Å². The van der Waals surface area contributed by atoms with E-state index in [1.807, 2.05) is 25.1 Å². The van der Waals surface area contributed by atoms with Crippen molar-refractivity contribution >= 4 is 15.9 Å². The number of carbonyl (C=O) groups is 1. The van der Waals surface area contributed by atoms with Crippen molar-refractivity contribution < 1.29 is 17.9 Å². The Morgan fingerprint density at radius 1 is 1.43 bits per heavy atom. The smallest absolute Gasteiger partial charge is 0.241 e. The van der Waals surface area contributed by atoms with Gasteiger partial charge in [0.25, 0.3) is 0 Å². The maximum Gasteiger partial charge on any atom is 0.241 e. The van der Waals surface area contributed by atoms with Crippen molar-refractivity contribution in [3.05, 3.63) is 29.3 Å². The molecule has 23 heavy (non-hydrogen) atoms. The van der Waals surface area contributed by atoms with Crippen LogP contribution >= 0.6 is 0 Å². The Labute approximate surface area is 138 Å². The lowest BCUT2D eigenvalue weighted by molar-refractivity contribution is -0.133. The lowest BCUT2D eigenvalue weighted by atomic mass is 10.1. The second kappa shape index (κ2) is 6.88. The zero-order valence-corrected chi connectivity index (χ0v) is 14.9. The molecule has 1 atom stereocenters. The summed E-state index contributed by atoms with van der Waals surface area (Å²) in [5.41, 5.74) is 1.99. The van der Waals surface area contributed by atoms with Crippen LogP contribution in [0.3, 0.4) is 0 Å². The van der Waals surface area contributed by atoms with E-state index in [0.717, 1.165) is 23.1 Å². The van der Waals surface area contributed by atoms with Crippen LogP contribution in [0.25, 0.3) is 0 Å². The maximum absolute atomic E-state index is 12.7. The normalized spacial score (nSPS) is 18.9. The van der Waals surface area contributed by atoms with Crippen molar-refractivity contribution in [3.63, 3.8) is 0 Å². The van der Waals surface area contributed by atoms with E-state index in [1.54, 1.807) is 19.1 Å². The van der Waals surface area contributed by atoms with Crippen molar-refractivity contribution in [2.24, 2.45) is 0 Å². The molecule has 0 radical (unpaired) electrons. The van der Waals surface area contributed by atoms with Crippen molar-refractivity contribution in [2.75, 3.05) is 27.0 Å². The van der Waals surface area contributed by atoms with Crippen LogP contribution in [-0.2, 0) is 21.4 Å². The number of sulfonamides is 1. The summed E-state index contributed by atoms with van der Waals surface area (Å²) in [5, 5.41) is 0. The lowest BCUT2D eigenvalue weighted by Gasteiger charge is -2.27. The van der Waals surface area contributed by atoms with Crippen molar-refractivity contribution in [1.29, 1.82) is 0 Å². The molecule has 0 aromatic heterocycles. The molecule has 0 N–H and O–H groups in total. The van der Waals surface area contributed by atoms with Gasteiger partial charge in [-0.05, 0) is 25.8 Å². The van der Waals surface area contributed by atoms with Gasteiger partial charge < -0.3 is 9.64 Å². The molecule has 2 rings (SSSR count). The Morgan fingerprint density at radius 3 is 2.74 bits per heavy atom. The minimum absolute atomic E-state index is 0.170. The quantitative estimate of drug-likeness (QED) is 0.812. The number of benzene rings is 1. The molecule has 1 aliphatic heterocycles. The molecule has 1 fully saturated rings. The summed E-state index contributed by atoms with van der Waals surface area (Å²) >= 11 is 0. The molecule has 1 aromatic rings. The topological polar surface area (TPSA) is 66.9 Å². The highest BCUT2D eigenvalue weighted by Gasteiger charge is 2.37. The van der Waals surface area contributed by atoms with Gasteiger partial charge in [0, 0.05) is 25.7 Å².